The average Bonchev–Trinajstić information content (AvgIpc) is 2.30. The Balaban J connectivity index is 2.20. The summed E-state index contributed by atoms with van der Waals surface area (Å²) in [5.41, 5.74) is 0.697. The van der Waals surface area contributed by atoms with E-state index in [2.05, 4.69) is 18.8 Å². The molecule has 86 valence electrons. The molecule has 1 aromatic heterocycles. The van der Waals surface area contributed by atoms with Crippen molar-refractivity contribution in [1.82, 2.24) is 9.88 Å². The van der Waals surface area contributed by atoms with E-state index in [1.165, 1.54) is 6.42 Å². The summed E-state index contributed by atoms with van der Waals surface area (Å²) in [6, 6.07) is 4.34. The van der Waals surface area contributed by atoms with E-state index in [1.807, 2.05) is 17.0 Å². The Labute approximate surface area is 96.5 Å². The maximum Gasteiger partial charge on any atom is 0.255 e. The van der Waals surface area contributed by atoms with Crippen molar-refractivity contribution in [2.75, 3.05) is 0 Å². The highest BCUT2D eigenvalue weighted by atomic mass is 16.2. The fraction of sp³-hybridized carbons (Fsp3) is 0.538. The van der Waals surface area contributed by atoms with Gasteiger partial charge < -0.3 is 4.90 Å². The molecule has 0 unspecified atom stereocenters. The predicted octanol–water partition coefficient (Wildman–Crippen LogP) is 2.48. The predicted molar refractivity (Wildman–Crippen MR) is 63.2 cm³/mol. The lowest BCUT2D eigenvalue weighted by Gasteiger charge is -2.39. The van der Waals surface area contributed by atoms with Crippen molar-refractivity contribution in [2.45, 2.75) is 45.2 Å². The summed E-state index contributed by atoms with van der Waals surface area (Å²) in [5.74, 6) is 0.118. The van der Waals surface area contributed by atoms with Gasteiger partial charge in [-0.25, -0.2) is 0 Å². The SMILES string of the molecule is C[C@@H]1CCC[C@@H](C)N1C(=O)c1cccnc1. The van der Waals surface area contributed by atoms with Crippen molar-refractivity contribution in [3.63, 3.8) is 0 Å². The van der Waals surface area contributed by atoms with Crippen LogP contribution in [0, 0.1) is 0 Å². The topological polar surface area (TPSA) is 33.2 Å². The summed E-state index contributed by atoms with van der Waals surface area (Å²) in [6.45, 7) is 4.26. The van der Waals surface area contributed by atoms with Gasteiger partial charge >= 0.3 is 0 Å². The van der Waals surface area contributed by atoms with Crippen molar-refractivity contribution in [3.05, 3.63) is 30.1 Å². The van der Waals surface area contributed by atoms with Gasteiger partial charge in [-0.3, -0.25) is 9.78 Å². The highest BCUT2D eigenvalue weighted by molar-refractivity contribution is 5.94. The van der Waals surface area contributed by atoms with Gasteiger partial charge in [-0.05, 0) is 45.2 Å². The Bertz CT molecular complexity index is 353. The van der Waals surface area contributed by atoms with Crippen LogP contribution in [0.15, 0.2) is 24.5 Å². The number of aromatic nitrogens is 1. The standard InChI is InChI=1S/C13H18N2O/c1-10-5-3-6-11(2)15(10)13(16)12-7-4-8-14-9-12/h4,7-11H,3,5-6H2,1-2H3/t10-,11-/m1/s1. The van der Waals surface area contributed by atoms with Gasteiger partial charge in [0.25, 0.3) is 5.91 Å². The minimum absolute atomic E-state index is 0.118. The van der Waals surface area contributed by atoms with Crippen LogP contribution >= 0.6 is 0 Å². The Morgan fingerprint density at radius 2 is 2.06 bits per heavy atom. The third kappa shape index (κ3) is 2.08. The second kappa shape index (κ2) is 4.64. The highest BCUT2D eigenvalue weighted by Crippen LogP contribution is 2.24. The van der Waals surface area contributed by atoms with Gasteiger partial charge in [0.2, 0.25) is 0 Å². The molecule has 0 aromatic carbocycles. The van der Waals surface area contributed by atoms with E-state index in [1.54, 1.807) is 12.4 Å². The van der Waals surface area contributed by atoms with Crippen LogP contribution in [-0.2, 0) is 0 Å². The molecule has 0 aliphatic carbocycles. The molecule has 1 aromatic rings. The van der Waals surface area contributed by atoms with E-state index in [-0.39, 0.29) is 5.91 Å². The van der Waals surface area contributed by atoms with Crippen molar-refractivity contribution in [3.8, 4) is 0 Å². The molecule has 1 aliphatic rings. The van der Waals surface area contributed by atoms with E-state index in [0.717, 1.165) is 12.8 Å². The first-order chi connectivity index (χ1) is 7.70. The lowest BCUT2D eigenvalue weighted by molar-refractivity contribution is 0.0510. The van der Waals surface area contributed by atoms with Crippen molar-refractivity contribution in [2.24, 2.45) is 0 Å². The third-order valence-electron chi connectivity index (χ3n) is 3.34. The Morgan fingerprint density at radius 1 is 1.38 bits per heavy atom. The van der Waals surface area contributed by atoms with Crippen molar-refractivity contribution in [1.29, 1.82) is 0 Å². The molecule has 0 bridgehead atoms. The van der Waals surface area contributed by atoms with Crippen LogP contribution in [0.4, 0.5) is 0 Å². The van der Waals surface area contributed by atoms with E-state index >= 15 is 0 Å². The smallest absolute Gasteiger partial charge is 0.255 e. The number of rotatable bonds is 1. The van der Waals surface area contributed by atoms with E-state index in [9.17, 15) is 4.79 Å². The largest absolute Gasteiger partial charge is 0.333 e. The molecule has 1 saturated heterocycles. The van der Waals surface area contributed by atoms with Crippen LogP contribution in [0.1, 0.15) is 43.5 Å². The van der Waals surface area contributed by atoms with Gasteiger partial charge in [0.05, 0.1) is 5.56 Å². The number of amides is 1. The lowest BCUT2D eigenvalue weighted by Crippen LogP contribution is -2.47. The minimum atomic E-state index is 0.118. The van der Waals surface area contributed by atoms with Crippen LogP contribution in [0.5, 0.6) is 0 Å². The fourth-order valence-electron chi connectivity index (χ4n) is 2.46. The van der Waals surface area contributed by atoms with E-state index in [0.29, 0.717) is 17.6 Å². The van der Waals surface area contributed by atoms with Gasteiger partial charge in [-0.15, -0.1) is 0 Å². The molecule has 3 nitrogen and oxygen atoms in total. The molecule has 16 heavy (non-hydrogen) atoms. The number of likely N-dealkylation sites (tertiary alicyclic amines) is 1. The maximum atomic E-state index is 12.3. The molecule has 2 rings (SSSR count). The second-order valence-electron chi connectivity index (χ2n) is 4.58. The highest BCUT2D eigenvalue weighted by Gasteiger charge is 2.29. The number of carbonyl (C=O) groups is 1. The summed E-state index contributed by atoms with van der Waals surface area (Å²) in [4.78, 5) is 18.3. The molecule has 2 heterocycles. The molecule has 2 atom stereocenters. The molecule has 0 saturated carbocycles. The Morgan fingerprint density at radius 3 is 2.62 bits per heavy atom. The van der Waals surface area contributed by atoms with E-state index in [4.69, 9.17) is 0 Å². The first kappa shape index (κ1) is 11.1. The zero-order valence-corrected chi connectivity index (χ0v) is 9.89. The molecule has 1 amide bonds. The minimum Gasteiger partial charge on any atom is -0.333 e. The average molecular weight is 218 g/mol. The number of hydrogen-bond donors (Lipinski definition) is 0. The number of nitrogens with zero attached hydrogens (tertiary/aromatic N) is 2. The molecule has 3 heteroatoms. The fourth-order valence-corrected chi connectivity index (χ4v) is 2.46. The van der Waals surface area contributed by atoms with Gasteiger partial charge in [-0.1, -0.05) is 0 Å². The van der Waals surface area contributed by atoms with Crippen molar-refractivity contribution < 1.29 is 4.79 Å². The number of carbonyl (C=O) groups excluding carboxylic acids is 1. The molecular weight excluding hydrogens is 200 g/mol. The quantitative estimate of drug-likeness (QED) is 0.725. The third-order valence-corrected chi connectivity index (χ3v) is 3.34. The maximum absolute atomic E-state index is 12.3. The second-order valence-corrected chi connectivity index (χ2v) is 4.58. The van der Waals surface area contributed by atoms with E-state index < -0.39 is 0 Å². The normalized spacial score (nSPS) is 25.5. The van der Waals surface area contributed by atoms with Crippen LogP contribution in [0.2, 0.25) is 0 Å². The first-order valence-corrected chi connectivity index (χ1v) is 5.93. The molecule has 0 N–H and O–H groups in total. The molecule has 0 spiro atoms. The molecule has 1 aliphatic heterocycles. The number of piperidine rings is 1. The van der Waals surface area contributed by atoms with Crippen LogP contribution in [0.25, 0.3) is 0 Å². The van der Waals surface area contributed by atoms with Crippen LogP contribution in [-0.4, -0.2) is 27.9 Å². The van der Waals surface area contributed by atoms with Gasteiger partial charge in [0.1, 0.15) is 0 Å². The summed E-state index contributed by atoms with van der Waals surface area (Å²) in [7, 11) is 0. The molecule has 1 fully saturated rings. The van der Waals surface area contributed by atoms with Crippen LogP contribution < -0.4 is 0 Å². The number of hydrogen-bond acceptors (Lipinski definition) is 2. The zero-order valence-electron chi connectivity index (χ0n) is 9.89. The molecular formula is C13H18N2O. The van der Waals surface area contributed by atoms with Gasteiger partial charge in [-0.2, -0.15) is 0 Å². The monoisotopic (exact) mass is 218 g/mol. The van der Waals surface area contributed by atoms with Gasteiger partial charge in [0, 0.05) is 24.5 Å². The van der Waals surface area contributed by atoms with Gasteiger partial charge in [0.15, 0.2) is 0 Å². The Hall–Kier alpha value is -1.38. The number of pyridine rings is 1. The summed E-state index contributed by atoms with van der Waals surface area (Å²) < 4.78 is 0. The summed E-state index contributed by atoms with van der Waals surface area (Å²) in [5, 5.41) is 0. The van der Waals surface area contributed by atoms with Crippen molar-refractivity contribution >= 4 is 5.91 Å². The zero-order chi connectivity index (χ0) is 11.5. The lowest BCUT2D eigenvalue weighted by atomic mass is 9.96. The first-order valence-electron chi connectivity index (χ1n) is 5.93. The summed E-state index contributed by atoms with van der Waals surface area (Å²) >= 11 is 0. The summed E-state index contributed by atoms with van der Waals surface area (Å²) in [6.07, 6.45) is 6.78. The Kier molecular flexibility index (Phi) is 3.22. The molecule has 0 radical (unpaired) electrons. The van der Waals surface area contributed by atoms with Crippen LogP contribution in [0.3, 0.4) is 0 Å².